The molecule has 0 fully saturated rings. The maximum atomic E-state index is 5.17. The zero-order valence-corrected chi connectivity index (χ0v) is 13.6. The van der Waals surface area contributed by atoms with E-state index in [1.165, 1.54) is 12.8 Å². The molecule has 120 valence electrons. The molecule has 0 spiro atoms. The molecule has 0 saturated carbocycles. The van der Waals surface area contributed by atoms with Crippen molar-refractivity contribution in [3.8, 4) is 5.75 Å². The number of hydrogen-bond acceptors (Lipinski definition) is 5. The first-order valence-corrected chi connectivity index (χ1v) is 7.99. The van der Waals surface area contributed by atoms with Crippen molar-refractivity contribution >= 4 is 23.5 Å². The lowest BCUT2D eigenvalue weighted by atomic mass is 10.2. The fraction of sp³-hybridized carbons (Fsp3) is 0.333. The van der Waals surface area contributed by atoms with Gasteiger partial charge in [0.1, 0.15) is 11.6 Å². The molecule has 0 atom stereocenters. The molecule has 0 radical (unpaired) electrons. The molecule has 3 rings (SSSR count). The highest BCUT2D eigenvalue weighted by molar-refractivity contribution is 5.69. The van der Waals surface area contributed by atoms with Gasteiger partial charge in [0.2, 0.25) is 5.95 Å². The predicted molar refractivity (Wildman–Crippen MR) is 94.5 cm³/mol. The van der Waals surface area contributed by atoms with Crippen LogP contribution in [0.1, 0.15) is 25.3 Å². The summed E-state index contributed by atoms with van der Waals surface area (Å²) in [6, 6.07) is 7.74. The molecule has 0 aliphatic carbocycles. The van der Waals surface area contributed by atoms with E-state index in [4.69, 9.17) is 9.72 Å². The Kier molecular flexibility index (Phi) is 4.76. The monoisotopic (exact) mass is 310 g/mol. The summed E-state index contributed by atoms with van der Waals surface area (Å²) in [5, 5.41) is 3.25. The van der Waals surface area contributed by atoms with Crippen molar-refractivity contribution < 1.29 is 4.74 Å². The topological polar surface area (TPSA) is 50.3 Å². The first kappa shape index (κ1) is 15.3. The van der Waals surface area contributed by atoms with Crippen molar-refractivity contribution in [1.29, 1.82) is 0 Å². The molecule has 0 amide bonds. The number of aromatic nitrogens is 2. The molecule has 1 N–H and O–H groups in total. The quantitative estimate of drug-likeness (QED) is 0.878. The van der Waals surface area contributed by atoms with Gasteiger partial charge in [-0.2, -0.15) is 4.98 Å². The summed E-state index contributed by atoms with van der Waals surface area (Å²) in [4.78, 5) is 11.4. The summed E-state index contributed by atoms with van der Waals surface area (Å²) in [7, 11) is 1.66. The van der Waals surface area contributed by atoms with Gasteiger partial charge >= 0.3 is 0 Å². The van der Waals surface area contributed by atoms with Crippen LogP contribution in [0, 0.1) is 0 Å². The smallest absolute Gasteiger partial charge is 0.229 e. The van der Waals surface area contributed by atoms with Crippen molar-refractivity contribution in [2.45, 2.75) is 19.8 Å². The summed E-state index contributed by atoms with van der Waals surface area (Å²) in [6.45, 7) is 4.14. The van der Waals surface area contributed by atoms with Crippen LogP contribution < -0.4 is 15.0 Å². The number of anilines is 3. The number of unbranched alkanes of at least 4 members (excludes halogenated alkanes) is 1. The molecule has 5 nitrogen and oxygen atoms in total. The van der Waals surface area contributed by atoms with Crippen LogP contribution in [0.2, 0.25) is 0 Å². The van der Waals surface area contributed by atoms with E-state index >= 15 is 0 Å². The molecule has 5 heteroatoms. The second kappa shape index (κ2) is 7.13. The van der Waals surface area contributed by atoms with E-state index in [9.17, 15) is 0 Å². The van der Waals surface area contributed by atoms with Gasteiger partial charge in [0.25, 0.3) is 0 Å². The third kappa shape index (κ3) is 3.62. The normalized spacial score (nSPS) is 12.9. The average molecular weight is 310 g/mol. The zero-order valence-electron chi connectivity index (χ0n) is 13.6. The molecular weight excluding hydrogens is 288 g/mol. The van der Waals surface area contributed by atoms with E-state index in [0.29, 0.717) is 5.95 Å². The van der Waals surface area contributed by atoms with E-state index < -0.39 is 0 Å². The number of nitrogens with zero attached hydrogens (tertiary/aromatic N) is 3. The Morgan fingerprint density at radius 1 is 1.26 bits per heavy atom. The molecule has 23 heavy (non-hydrogen) atoms. The lowest BCUT2D eigenvalue weighted by molar-refractivity contribution is 0.415. The fourth-order valence-corrected chi connectivity index (χ4v) is 2.56. The Hall–Kier alpha value is -2.56. The Morgan fingerprint density at radius 3 is 2.83 bits per heavy atom. The minimum atomic E-state index is 0.616. The number of benzene rings is 1. The van der Waals surface area contributed by atoms with Crippen molar-refractivity contribution in [2.24, 2.45) is 0 Å². The molecule has 1 aromatic carbocycles. The molecule has 1 aliphatic rings. The third-order valence-corrected chi connectivity index (χ3v) is 3.85. The van der Waals surface area contributed by atoms with E-state index in [1.54, 1.807) is 7.11 Å². The van der Waals surface area contributed by atoms with Gasteiger partial charge in [-0.25, -0.2) is 4.98 Å². The summed E-state index contributed by atoms with van der Waals surface area (Å²) < 4.78 is 5.17. The maximum Gasteiger partial charge on any atom is 0.229 e. The van der Waals surface area contributed by atoms with Crippen LogP contribution >= 0.6 is 0 Å². The van der Waals surface area contributed by atoms with Gasteiger partial charge in [-0.15, -0.1) is 0 Å². The summed E-state index contributed by atoms with van der Waals surface area (Å²) in [5.41, 5.74) is 2.02. The van der Waals surface area contributed by atoms with E-state index in [2.05, 4.69) is 34.3 Å². The highest BCUT2D eigenvalue weighted by Gasteiger charge is 2.15. The number of rotatable bonds is 6. The molecule has 0 bridgehead atoms. The van der Waals surface area contributed by atoms with Crippen LogP contribution in [-0.4, -0.2) is 30.2 Å². The minimum Gasteiger partial charge on any atom is -0.497 e. The summed E-state index contributed by atoms with van der Waals surface area (Å²) in [5.74, 6) is 2.45. The fourth-order valence-electron chi connectivity index (χ4n) is 2.56. The Balaban J connectivity index is 1.79. The van der Waals surface area contributed by atoms with Gasteiger partial charge in [-0.1, -0.05) is 25.5 Å². The Labute approximate surface area is 137 Å². The molecular formula is C18H22N4O. The van der Waals surface area contributed by atoms with Crippen molar-refractivity contribution in [1.82, 2.24) is 9.97 Å². The van der Waals surface area contributed by atoms with Gasteiger partial charge in [-0.3, -0.25) is 0 Å². The Bertz CT molecular complexity index is 682. The zero-order chi connectivity index (χ0) is 16.1. The van der Waals surface area contributed by atoms with Crippen molar-refractivity contribution in [3.63, 3.8) is 0 Å². The van der Waals surface area contributed by atoms with Crippen LogP contribution in [0.3, 0.4) is 0 Å². The summed E-state index contributed by atoms with van der Waals surface area (Å²) >= 11 is 0. The van der Waals surface area contributed by atoms with E-state index in [0.717, 1.165) is 35.9 Å². The molecule has 0 saturated heterocycles. The number of hydrogen-bond donors (Lipinski definition) is 1. The van der Waals surface area contributed by atoms with Crippen LogP contribution in [0.4, 0.5) is 17.5 Å². The standard InChI is InChI=1S/C18H22N4O/c1-3-4-11-22-12-5-6-14-13-19-18(21-17(14)22)20-15-7-9-16(23-2)10-8-15/h5-10,13H,3-4,11-12H2,1-2H3,(H,19,20,21). The minimum absolute atomic E-state index is 0.616. The number of ether oxygens (including phenoxy) is 1. The molecule has 2 aromatic rings. The number of nitrogens with one attached hydrogen (secondary N) is 1. The first-order chi connectivity index (χ1) is 11.3. The van der Waals surface area contributed by atoms with Crippen molar-refractivity contribution in [3.05, 3.63) is 42.1 Å². The molecule has 0 unspecified atom stereocenters. The average Bonchev–Trinajstić information content (AvgIpc) is 2.60. The number of fused-ring (bicyclic) bond motifs is 1. The van der Waals surface area contributed by atoms with E-state index in [-0.39, 0.29) is 0 Å². The highest BCUT2D eigenvalue weighted by atomic mass is 16.5. The van der Waals surface area contributed by atoms with Crippen LogP contribution in [0.15, 0.2) is 36.5 Å². The second-order valence-corrected chi connectivity index (χ2v) is 5.53. The van der Waals surface area contributed by atoms with Crippen LogP contribution in [-0.2, 0) is 0 Å². The predicted octanol–water partition coefficient (Wildman–Crippen LogP) is 3.86. The maximum absolute atomic E-state index is 5.17. The summed E-state index contributed by atoms with van der Waals surface area (Å²) in [6.07, 6.45) is 8.48. The second-order valence-electron chi connectivity index (χ2n) is 5.53. The van der Waals surface area contributed by atoms with E-state index in [1.807, 2.05) is 30.5 Å². The Morgan fingerprint density at radius 2 is 2.09 bits per heavy atom. The van der Waals surface area contributed by atoms with Gasteiger partial charge in [0.05, 0.1) is 7.11 Å². The largest absolute Gasteiger partial charge is 0.497 e. The molecule has 1 aliphatic heterocycles. The van der Waals surface area contributed by atoms with Crippen LogP contribution in [0.25, 0.3) is 6.08 Å². The first-order valence-electron chi connectivity index (χ1n) is 7.99. The lowest BCUT2D eigenvalue weighted by Gasteiger charge is -2.26. The van der Waals surface area contributed by atoms with Crippen LogP contribution in [0.5, 0.6) is 5.75 Å². The highest BCUT2D eigenvalue weighted by Crippen LogP contribution is 2.26. The number of methoxy groups -OCH3 is 1. The van der Waals surface area contributed by atoms with Gasteiger partial charge < -0.3 is 15.0 Å². The third-order valence-electron chi connectivity index (χ3n) is 3.85. The SMILES string of the molecule is CCCCN1CC=Cc2cnc(Nc3ccc(OC)cc3)nc21. The van der Waals surface area contributed by atoms with Gasteiger partial charge in [-0.05, 0) is 30.7 Å². The van der Waals surface area contributed by atoms with Gasteiger partial charge in [0.15, 0.2) is 0 Å². The van der Waals surface area contributed by atoms with Gasteiger partial charge in [0, 0.05) is 30.5 Å². The molecule has 2 heterocycles. The molecule has 1 aromatic heterocycles. The van der Waals surface area contributed by atoms with Crippen molar-refractivity contribution in [2.75, 3.05) is 30.4 Å². The lowest BCUT2D eigenvalue weighted by Crippen LogP contribution is -2.28.